The van der Waals surface area contributed by atoms with E-state index in [1.165, 1.54) is 11.1 Å². The van der Waals surface area contributed by atoms with Gasteiger partial charge in [-0.3, -0.25) is 14.1 Å². The first-order valence-electron chi connectivity index (χ1n) is 11.0. The van der Waals surface area contributed by atoms with Gasteiger partial charge in [0.15, 0.2) is 5.65 Å². The second-order valence-electron chi connectivity index (χ2n) is 8.34. The summed E-state index contributed by atoms with van der Waals surface area (Å²) in [7, 11) is 0. The van der Waals surface area contributed by atoms with Crippen LogP contribution < -0.4 is 0 Å². The SMILES string of the molecule is CCCN(Cc1ccc(C)cc1)C(=O)CN1CCC(c2nnc3ccccn23)CC1. The van der Waals surface area contributed by atoms with Crippen molar-refractivity contribution < 1.29 is 4.79 Å². The minimum absolute atomic E-state index is 0.226. The number of carbonyl (C=O) groups is 1. The van der Waals surface area contributed by atoms with Crippen LogP contribution in [0.2, 0.25) is 0 Å². The third kappa shape index (κ3) is 4.70. The Morgan fingerprint density at radius 2 is 1.87 bits per heavy atom. The lowest BCUT2D eigenvalue weighted by Crippen LogP contribution is -2.43. The zero-order chi connectivity index (χ0) is 20.9. The summed E-state index contributed by atoms with van der Waals surface area (Å²) in [5.41, 5.74) is 3.34. The number of hydrogen-bond acceptors (Lipinski definition) is 4. The van der Waals surface area contributed by atoms with Crippen LogP contribution in [-0.4, -0.2) is 56.5 Å². The molecule has 0 unspecified atom stereocenters. The Bertz CT molecular complexity index is 973. The van der Waals surface area contributed by atoms with Gasteiger partial charge in [0.1, 0.15) is 5.82 Å². The first kappa shape index (κ1) is 20.5. The summed E-state index contributed by atoms with van der Waals surface area (Å²) in [5, 5.41) is 8.72. The average Bonchev–Trinajstić information content (AvgIpc) is 3.20. The topological polar surface area (TPSA) is 53.7 Å². The smallest absolute Gasteiger partial charge is 0.237 e. The Morgan fingerprint density at radius 1 is 1.10 bits per heavy atom. The number of rotatable bonds is 7. The predicted molar refractivity (Wildman–Crippen MR) is 118 cm³/mol. The van der Waals surface area contributed by atoms with Crippen LogP contribution in [0.15, 0.2) is 48.7 Å². The molecule has 0 N–H and O–H groups in total. The van der Waals surface area contributed by atoms with Crippen molar-refractivity contribution >= 4 is 11.6 Å². The lowest BCUT2D eigenvalue weighted by atomic mass is 9.96. The summed E-state index contributed by atoms with van der Waals surface area (Å²) in [6, 6.07) is 14.5. The molecule has 0 radical (unpaired) electrons. The van der Waals surface area contributed by atoms with Gasteiger partial charge in [-0.15, -0.1) is 10.2 Å². The van der Waals surface area contributed by atoms with E-state index in [4.69, 9.17) is 0 Å². The van der Waals surface area contributed by atoms with Gasteiger partial charge in [0.25, 0.3) is 0 Å². The molecule has 0 spiro atoms. The van der Waals surface area contributed by atoms with E-state index in [-0.39, 0.29) is 5.91 Å². The summed E-state index contributed by atoms with van der Waals surface area (Å²) < 4.78 is 2.09. The predicted octanol–water partition coefficient (Wildman–Crippen LogP) is 3.66. The first-order chi connectivity index (χ1) is 14.6. The Labute approximate surface area is 178 Å². The van der Waals surface area contributed by atoms with Crippen molar-refractivity contribution in [2.45, 2.75) is 45.6 Å². The molecule has 1 aromatic carbocycles. The van der Waals surface area contributed by atoms with Gasteiger partial charge < -0.3 is 4.90 Å². The molecular formula is C24H31N5O. The minimum atomic E-state index is 0.226. The fourth-order valence-corrected chi connectivity index (χ4v) is 4.25. The average molecular weight is 406 g/mol. The van der Waals surface area contributed by atoms with Gasteiger partial charge in [0, 0.05) is 25.2 Å². The van der Waals surface area contributed by atoms with E-state index in [0.717, 1.165) is 50.4 Å². The van der Waals surface area contributed by atoms with E-state index in [2.05, 4.69) is 57.6 Å². The molecule has 2 aromatic heterocycles. The van der Waals surface area contributed by atoms with Gasteiger partial charge in [0.05, 0.1) is 6.54 Å². The summed E-state index contributed by atoms with van der Waals surface area (Å²) >= 11 is 0. The molecule has 6 heteroatoms. The van der Waals surface area contributed by atoms with Gasteiger partial charge in [-0.25, -0.2) is 0 Å². The fourth-order valence-electron chi connectivity index (χ4n) is 4.25. The van der Waals surface area contributed by atoms with Crippen LogP contribution >= 0.6 is 0 Å². The van der Waals surface area contributed by atoms with Crippen LogP contribution in [0, 0.1) is 6.92 Å². The molecule has 1 aliphatic heterocycles. The lowest BCUT2D eigenvalue weighted by molar-refractivity contribution is -0.133. The summed E-state index contributed by atoms with van der Waals surface area (Å²) in [4.78, 5) is 17.3. The number of hydrogen-bond donors (Lipinski definition) is 0. The number of fused-ring (bicyclic) bond motifs is 1. The fraction of sp³-hybridized carbons (Fsp3) is 0.458. The van der Waals surface area contributed by atoms with E-state index in [1.807, 2.05) is 29.3 Å². The summed E-state index contributed by atoms with van der Waals surface area (Å²) in [5.74, 6) is 1.67. The van der Waals surface area contributed by atoms with Crippen molar-refractivity contribution in [3.8, 4) is 0 Å². The number of amides is 1. The third-order valence-corrected chi connectivity index (χ3v) is 5.99. The minimum Gasteiger partial charge on any atom is -0.337 e. The summed E-state index contributed by atoms with van der Waals surface area (Å²) in [6.07, 6.45) is 5.03. The van der Waals surface area contributed by atoms with E-state index >= 15 is 0 Å². The molecule has 1 saturated heterocycles. The molecule has 6 nitrogen and oxygen atoms in total. The first-order valence-corrected chi connectivity index (χ1v) is 11.0. The maximum atomic E-state index is 13.0. The normalized spacial score (nSPS) is 15.5. The third-order valence-electron chi connectivity index (χ3n) is 5.99. The molecule has 0 saturated carbocycles. The number of aromatic nitrogens is 3. The molecule has 1 aliphatic rings. The molecule has 1 fully saturated rings. The highest BCUT2D eigenvalue weighted by atomic mass is 16.2. The van der Waals surface area contributed by atoms with Crippen molar-refractivity contribution in [1.82, 2.24) is 24.4 Å². The number of piperidine rings is 1. The van der Waals surface area contributed by atoms with E-state index in [1.54, 1.807) is 0 Å². The van der Waals surface area contributed by atoms with Crippen molar-refractivity contribution in [2.24, 2.45) is 0 Å². The van der Waals surface area contributed by atoms with Crippen molar-refractivity contribution in [2.75, 3.05) is 26.2 Å². The molecule has 30 heavy (non-hydrogen) atoms. The molecular weight excluding hydrogens is 374 g/mol. The van der Waals surface area contributed by atoms with Crippen molar-refractivity contribution in [3.05, 3.63) is 65.6 Å². The van der Waals surface area contributed by atoms with Crippen molar-refractivity contribution in [1.29, 1.82) is 0 Å². The van der Waals surface area contributed by atoms with Crippen LogP contribution in [0.3, 0.4) is 0 Å². The molecule has 158 valence electrons. The number of aryl methyl sites for hydroxylation is 1. The second kappa shape index (κ2) is 9.39. The van der Waals surface area contributed by atoms with Crippen LogP contribution in [0.1, 0.15) is 49.1 Å². The Morgan fingerprint density at radius 3 is 2.60 bits per heavy atom. The Hall–Kier alpha value is -2.73. The van der Waals surface area contributed by atoms with Gasteiger partial charge in [-0.05, 0) is 57.0 Å². The number of benzene rings is 1. The lowest BCUT2D eigenvalue weighted by Gasteiger charge is -2.32. The van der Waals surface area contributed by atoms with Crippen LogP contribution in [0.25, 0.3) is 5.65 Å². The molecule has 0 atom stereocenters. The molecule has 0 bridgehead atoms. The van der Waals surface area contributed by atoms with Gasteiger partial charge in [0.2, 0.25) is 5.91 Å². The summed E-state index contributed by atoms with van der Waals surface area (Å²) in [6.45, 7) is 8.04. The quantitative estimate of drug-likeness (QED) is 0.602. The molecule has 1 amide bonds. The maximum Gasteiger partial charge on any atom is 0.237 e. The van der Waals surface area contributed by atoms with E-state index in [0.29, 0.717) is 19.0 Å². The van der Waals surface area contributed by atoms with Gasteiger partial charge in [-0.1, -0.05) is 42.8 Å². The number of pyridine rings is 1. The molecule has 3 aromatic rings. The van der Waals surface area contributed by atoms with E-state index in [9.17, 15) is 4.79 Å². The van der Waals surface area contributed by atoms with Crippen LogP contribution in [-0.2, 0) is 11.3 Å². The van der Waals surface area contributed by atoms with Gasteiger partial charge >= 0.3 is 0 Å². The number of likely N-dealkylation sites (tertiary alicyclic amines) is 1. The highest BCUT2D eigenvalue weighted by Crippen LogP contribution is 2.27. The zero-order valence-electron chi connectivity index (χ0n) is 18.0. The molecule has 0 aliphatic carbocycles. The van der Waals surface area contributed by atoms with Gasteiger partial charge in [-0.2, -0.15) is 0 Å². The number of carbonyl (C=O) groups excluding carboxylic acids is 1. The molecule has 3 heterocycles. The zero-order valence-corrected chi connectivity index (χ0v) is 18.0. The maximum absolute atomic E-state index is 13.0. The highest BCUT2D eigenvalue weighted by molar-refractivity contribution is 5.78. The standard InChI is InChI=1S/C24H31N5O/c1-3-13-28(17-20-9-7-19(2)8-10-20)23(30)18-27-15-11-21(12-16-27)24-26-25-22-6-4-5-14-29(22)24/h4-10,14,21H,3,11-13,15-18H2,1-2H3. The Kier molecular flexibility index (Phi) is 6.43. The van der Waals surface area contributed by atoms with Crippen molar-refractivity contribution in [3.63, 3.8) is 0 Å². The highest BCUT2D eigenvalue weighted by Gasteiger charge is 2.26. The monoisotopic (exact) mass is 405 g/mol. The van der Waals surface area contributed by atoms with E-state index < -0.39 is 0 Å². The Balaban J connectivity index is 1.33. The number of nitrogens with zero attached hydrogens (tertiary/aromatic N) is 5. The second-order valence-corrected chi connectivity index (χ2v) is 8.34. The van der Waals surface area contributed by atoms with Crippen LogP contribution in [0.5, 0.6) is 0 Å². The van der Waals surface area contributed by atoms with Crippen LogP contribution in [0.4, 0.5) is 0 Å². The largest absolute Gasteiger partial charge is 0.337 e. The molecule has 4 rings (SSSR count).